The summed E-state index contributed by atoms with van der Waals surface area (Å²) in [5.41, 5.74) is 3.08. The third-order valence-corrected chi connectivity index (χ3v) is 3.30. The SMILES string of the molecule is c1cc2c([nH]1)CCCCCCCCC2. The fourth-order valence-electron chi connectivity index (χ4n) is 2.40. The van der Waals surface area contributed by atoms with Crippen LogP contribution in [0.1, 0.15) is 56.2 Å². The Balaban J connectivity index is 1.97. The summed E-state index contributed by atoms with van der Waals surface area (Å²) < 4.78 is 0. The summed E-state index contributed by atoms with van der Waals surface area (Å²) in [6, 6.07) is 2.27. The van der Waals surface area contributed by atoms with Crippen LogP contribution in [-0.4, -0.2) is 4.98 Å². The number of aromatic amines is 1. The normalized spacial score (nSPS) is 19.7. The van der Waals surface area contributed by atoms with Gasteiger partial charge in [-0.1, -0.05) is 32.1 Å². The summed E-state index contributed by atoms with van der Waals surface area (Å²) in [6.07, 6.45) is 14.6. The summed E-state index contributed by atoms with van der Waals surface area (Å²) in [7, 11) is 0. The molecule has 0 bridgehead atoms. The lowest BCUT2D eigenvalue weighted by Gasteiger charge is -2.02. The third kappa shape index (κ3) is 2.63. The number of aryl methyl sites for hydroxylation is 2. The Morgan fingerprint density at radius 1 is 0.786 bits per heavy atom. The number of H-pyrrole nitrogens is 1. The molecular weight excluding hydrogens is 170 g/mol. The van der Waals surface area contributed by atoms with E-state index in [9.17, 15) is 0 Å². The van der Waals surface area contributed by atoms with Crippen molar-refractivity contribution in [2.45, 2.75) is 57.8 Å². The van der Waals surface area contributed by atoms with Crippen molar-refractivity contribution in [3.05, 3.63) is 23.5 Å². The summed E-state index contributed by atoms with van der Waals surface area (Å²) >= 11 is 0. The molecule has 0 spiro atoms. The van der Waals surface area contributed by atoms with Gasteiger partial charge in [-0.3, -0.25) is 0 Å². The highest BCUT2D eigenvalue weighted by molar-refractivity contribution is 5.20. The first-order valence-corrected chi connectivity index (χ1v) is 6.12. The van der Waals surface area contributed by atoms with Crippen LogP contribution in [0, 0.1) is 0 Å². The highest BCUT2D eigenvalue weighted by atomic mass is 14.7. The van der Waals surface area contributed by atoms with Gasteiger partial charge in [-0.25, -0.2) is 0 Å². The molecule has 0 fully saturated rings. The van der Waals surface area contributed by atoms with Gasteiger partial charge in [-0.2, -0.15) is 0 Å². The van der Waals surface area contributed by atoms with E-state index >= 15 is 0 Å². The Labute approximate surface area is 86.9 Å². The van der Waals surface area contributed by atoms with Crippen molar-refractivity contribution in [3.63, 3.8) is 0 Å². The monoisotopic (exact) mass is 191 g/mol. The van der Waals surface area contributed by atoms with Crippen LogP contribution in [0.5, 0.6) is 0 Å². The van der Waals surface area contributed by atoms with Crippen molar-refractivity contribution >= 4 is 0 Å². The minimum absolute atomic E-state index is 1.27. The van der Waals surface area contributed by atoms with Crippen molar-refractivity contribution in [1.29, 1.82) is 0 Å². The Morgan fingerprint density at radius 2 is 1.43 bits per heavy atom. The van der Waals surface area contributed by atoms with Crippen LogP contribution >= 0.6 is 0 Å². The minimum atomic E-state index is 1.27. The molecule has 0 aromatic carbocycles. The molecule has 78 valence electrons. The van der Waals surface area contributed by atoms with Gasteiger partial charge in [0.15, 0.2) is 0 Å². The first-order chi connectivity index (χ1) is 6.97. The summed E-state index contributed by atoms with van der Waals surface area (Å²) in [4.78, 5) is 3.39. The number of hydrogen-bond acceptors (Lipinski definition) is 0. The maximum Gasteiger partial charge on any atom is 0.0179 e. The molecule has 0 radical (unpaired) electrons. The fourth-order valence-corrected chi connectivity index (χ4v) is 2.40. The molecule has 1 heterocycles. The molecule has 2 rings (SSSR count). The van der Waals surface area contributed by atoms with E-state index in [1.54, 1.807) is 5.56 Å². The summed E-state index contributed by atoms with van der Waals surface area (Å²) in [5, 5.41) is 0. The predicted octanol–water partition coefficient (Wildman–Crippen LogP) is 3.84. The Bertz CT molecular complexity index is 237. The molecule has 0 aliphatic heterocycles. The number of aromatic nitrogens is 1. The standard InChI is InChI=1S/C13H21N/c1-2-4-6-8-12-10-11-14-13(12)9-7-5-3-1/h10-11,14H,1-9H2. The molecule has 1 aliphatic rings. The van der Waals surface area contributed by atoms with Crippen LogP contribution in [-0.2, 0) is 12.8 Å². The zero-order valence-corrected chi connectivity index (χ0v) is 9.02. The van der Waals surface area contributed by atoms with E-state index in [0.717, 1.165) is 0 Å². The van der Waals surface area contributed by atoms with E-state index in [-0.39, 0.29) is 0 Å². The lowest BCUT2D eigenvalue weighted by atomic mass is 10.1. The molecule has 0 atom stereocenters. The van der Waals surface area contributed by atoms with Gasteiger partial charge >= 0.3 is 0 Å². The van der Waals surface area contributed by atoms with Gasteiger partial charge in [0.05, 0.1) is 0 Å². The van der Waals surface area contributed by atoms with Crippen molar-refractivity contribution in [3.8, 4) is 0 Å². The minimum Gasteiger partial charge on any atom is -0.365 e. The Kier molecular flexibility index (Phi) is 3.67. The zero-order chi connectivity index (χ0) is 9.64. The molecule has 14 heavy (non-hydrogen) atoms. The second-order valence-corrected chi connectivity index (χ2v) is 4.46. The van der Waals surface area contributed by atoms with E-state index < -0.39 is 0 Å². The Hall–Kier alpha value is -0.720. The molecule has 1 nitrogen and oxygen atoms in total. The molecule has 0 saturated carbocycles. The average molecular weight is 191 g/mol. The number of fused-ring (bicyclic) bond motifs is 1. The molecule has 1 N–H and O–H groups in total. The van der Waals surface area contributed by atoms with Crippen LogP contribution in [0.25, 0.3) is 0 Å². The molecule has 0 saturated heterocycles. The van der Waals surface area contributed by atoms with Gasteiger partial charge < -0.3 is 4.98 Å². The predicted molar refractivity (Wildman–Crippen MR) is 60.5 cm³/mol. The highest BCUT2D eigenvalue weighted by Gasteiger charge is 2.04. The molecular formula is C13H21N. The maximum absolute atomic E-state index is 3.39. The van der Waals surface area contributed by atoms with Crippen LogP contribution in [0.2, 0.25) is 0 Å². The van der Waals surface area contributed by atoms with Crippen molar-refractivity contribution in [2.75, 3.05) is 0 Å². The first kappa shape index (κ1) is 9.82. The third-order valence-electron chi connectivity index (χ3n) is 3.30. The van der Waals surface area contributed by atoms with Gasteiger partial charge in [0, 0.05) is 11.9 Å². The van der Waals surface area contributed by atoms with Gasteiger partial charge in [-0.05, 0) is 37.3 Å². The van der Waals surface area contributed by atoms with Crippen molar-refractivity contribution < 1.29 is 0 Å². The molecule has 0 amide bonds. The Morgan fingerprint density at radius 3 is 2.21 bits per heavy atom. The van der Waals surface area contributed by atoms with Gasteiger partial charge in [0.2, 0.25) is 0 Å². The van der Waals surface area contributed by atoms with E-state index in [1.807, 2.05) is 0 Å². The van der Waals surface area contributed by atoms with Gasteiger partial charge in [0.1, 0.15) is 0 Å². The number of rotatable bonds is 0. The molecule has 1 heteroatoms. The van der Waals surface area contributed by atoms with Gasteiger partial charge in [-0.15, -0.1) is 0 Å². The fraction of sp³-hybridized carbons (Fsp3) is 0.692. The molecule has 0 unspecified atom stereocenters. The average Bonchev–Trinajstić information content (AvgIpc) is 2.61. The smallest absolute Gasteiger partial charge is 0.0179 e. The highest BCUT2D eigenvalue weighted by Crippen LogP contribution is 2.17. The number of hydrogen-bond donors (Lipinski definition) is 1. The second kappa shape index (κ2) is 5.23. The largest absolute Gasteiger partial charge is 0.365 e. The van der Waals surface area contributed by atoms with E-state index in [4.69, 9.17) is 0 Å². The summed E-state index contributed by atoms with van der Waals surface area (Å²) in [5.74, 6) is 0. The van der Waals surface area contributed by atoms with Crippen LogP contribution in [0.3, 0.4) is 0 Å². The zero-order valence-electron chi connectivity index (χ0n) is 9.02. The van der Waals surface area contributed by atoms with Crippen molar-refractivity contribution in [2.24, 2.45) is 0 Å². The van der Waals surface area contributed by atoms with E-state index in [1.165, 1.54) is 63.5 Å². The summed E-state index contributed by atoms with van der Waals surface area (Å²) in [6.45, 7) is 0. The van der Waals surface area contributed by atoms with Crippen LogP contribution < -0.4 is 0 Å². The molecule has 1 aromatic heterocycles. The maximum atomic E-state index is 3.39. The van der Waals surface area contributed by atoms with Crippen LogP contribution in [0.4, 0.5) is 0 Å². The second-order valence-electron chi connectivity index (χ2n) is 4.46. The lowest BCUT2D eigenvalue weighted by molar-refractivity contribution is 0.586. The molecule has 1 aliphatic carbocycles. The van der Waals surface area contributed by atoms with Crippen LogP contribution in [0.15, 0.2) is 12.3 Å². The topological polar surface area (TPSA) is 15.8 Å². The number of nitrogens with one attached hydrogen (secondary N) is 1. The van der Waals surface area contributed by atoms with E-state index in [0.29, 0.717) is 0 Å². The molecule has 1 aromatic rings. The first-order valence-electron chi connectivity index (χ1n) is 6.12. The quantitative estimate of drug-likeness (QED) is 0.641. The van der Waals surface area contributed by atoms with Gasteiger partial charge in [0.25, 0.3) is 0 Å². The van der Waals surface area contributed by atoms with E-state index in [2.05, 4.69) is 17.2 Å². The lowest BCUT2D eigenvalue weighted by Crippen LogP contribution is -1.92. The van der Waals surface area contributed by atoms with Crippen molar-refractivity contribution in [1.82, 2.24) is 4.98 Å².